The fraction of sp³-hybridized carbons (Fsp3) is 0.529. The van der Waals surface area contributed by atoms with Gasteiger partial charge >= 0.3 is 0 Å². The van der Waals surface area contributed by atoms with Gasteiger partial charge in [0.2, 0.25) is 5.91 Å². The Morgan fingerprint density at radius 2 is 2.18 bits per heavy atom. The maximum absolute atomic E-state index is 12.2. The smallest absolute Gasteiger partial charge is 0.224 e. The van der Waals surface area contributed by atoms with Crippen LogP contribution in [-0.2, 0) is 4.79 Å². The molecule has 2 aliphatic carbocycles. The summed E-state index contributed by atoms with van der Waals surface area (Å²) in [6, 6.07) is 5.82. The maximum Gasteiger partial charge on any atom is 0.224 e. The molecule has 0 saturated heterocycles. The number of hydrogen-bond donors (Lipinski definition) is 2. The van der Waals surface area contributed by atoms with E-state index in [2.05, 4.69) is 10.3 Å². The number of nitrogens with zero attached hydrogens (tertiary/aromatic N) is 1. The van der Waals surface area contributed by atoms with Crippen LogP contribution in [-0.4, -0.2) is 16.9 Å². The van der Waals surface area contributed by atoms with E-state index in [-0.39, 0.29) is 11.9 Å². The fourth-order valence-electron chi connectivity index (χ4n) is 3.29. The second-order valence-corrected chi connectivity index (χ2v) is 6.62. The van der Waals surface area contributed by atoms with Crippen molar-refractivity contribution in [1.29, 1.82) is 0 Å². The molecule has 2 aliphatic rings. The van der Waals surface area contributed by atoms with Gasteiger partial charge in [-0.3, -0.25) is 4.79 Å². The molecule has 0 bridgehead atoms. The quantitative estimate of drug-likeness (QED) is 0.908. The van der Waals surface area contributed by atoms with Crippen LogP contribution in [0.15, 0.2) is 22.6 Å². The van der Waals surface area contributed by atoms with Crippen LogP contribution >= 0.6 is 0 Å². The topological polar surface area (TPSA) is 81.2 Å². The lowest BCUT2D eigenvalue weighted by molar-refractivity contribution is -0.117. The van der Waals surface area contributed by atoms with Crippen LogP contribution < -0.4 is 11.1 Å². The molecule has 1 heterocycles. The normalized spacial score (nSPS) is 24.8. The van der Waals surface area contributed by atoms with E-state index >= 15 is 0 Å². The summed E-state index contributed by atoms with van der Waals surface area (Å²) in [5.74, 6) is 1.67. The van der Waals surface area contributed by atoms with Gasteiger partial charge in [-0.15, -0.1) is 0 Å². The molecule has 1 aromatic heterocycles. The zero-order valence-electron chi connectivity index (χ0n) is 12.5. The maximum atomic E-state index is 12.2. The van der Waals surface area contributed by atoms with E-state index in [1.54, 1.807) is 0 Å². The highest BCUT2D eigenvalue weighted by Crippen LogP contribution is 2.40. The van der Waals surface area contributed by atoms with Crippen molar-refractivity contribution in [2.24, 2.45) is 11.7 Å². The highest BCUT2D eigenvalue weighted by molar-refractivity contribution is 5.92. The van der Waals surface area contributed by atoms with Crippen molar-refractivity contribution in [3.8, 4) is 0 Å². The summed E-state index contributed by atoms with van der Waals surface area (Å²) >= 11 is 0. The van der Waals surface area contributed by atoms with Crippen LogP contribution in [0.5, 0.6) is 0 Å². The zero-order valence-corrected chi connectivity index (χ0v) is 12.5. The third-order valence-corrected chi connectivity index (χ3v) is 4.78. The molecule has 22 heavy (non-hydrogen) atoms. The van der Waals surface area contributed by atoms with Crippen LogP contribution in [0.1, 0.15) is 50.3 Å². The van der Waals surface area contributed by atoms with Crippen molar-refractivity contribution in [3.05, 3.63) is 24.1 Å². The number of oxazole rings is 1. The number of carbonyl (C=O) groups is 1. The number of nitrogens with one attached hydrogen (secondary N) is 1. The Morgan fingerprint density at radius 3 is 2.91 bits per heavy atom. The Hall–Kier alpha value is -1.88. The van der Waals surface area contributed by atoms with Gasteiger partial charge < -0.3 is 15.5 Å². The van der Waals surface area contributed by atoms with E-state index in [1.165, 1.54) is 0 Å². The van der Waals surface area contributed by atoms with Gasteiger partial charge in [0.05, 0.1) is 0 Å². The number of nitrogens with two attached hydrogens (primary N) is 1. The predicted octanol–water partition coefficient (Wildman–Crippen LogP) is 3.16. The average molecular weight is 299 g/mol. The van der Waals surface area contributed by atoms with Crippen LogP contribution in [0.2, 0.25) is 0 Å². The minimum atomic E-state index is 0.0311. The molecule has 0 aliphatic heterocycles. The van der Waals surface area contributed by atoms with Crippen molar-refractivity contribution in [2.45, 2.75) is 50.5 Å². The van der Waals surface area contributed by atoms with Gasteiger partial charge in [0.25, 0.3) is 0 Å². The highest BCUT2D eigenvalue weighted by atomic mass is 16.3. The first-order valence-corrected chi connectivity index (χ1v) is 8.15. The molecule has 2 aromatic rings. The first kappa shape index (κ1) is 13.8. The van der Waals surface area contributed by atoms with Crippen molar-refractivity contribution >= 4 is 22.7 Å². The molecule has 0 radical (unpaired) electrons. The minimum absolute atomic E-state index is 0.0311. The first-order valence-electron chi connectivity index (χ1n) is 8.15. The van der Waals surface area contributed by atoms with Gasteiger partial charge in [-0.05, 0) is 43.7 Å². The standard InChI is InChI=1S/C17H21N3O2/c18-13-3-1-2-11(13)8-16(21)19-12-6-7-14-15(9-12)22-17(20-14)10-4-5-10/h6-7,9-11,13H,1-5,8,18H2,(H,19,21)/t11-,13+/m0/s1. The van der Waals surface area contributed by atoms with E-state index < -0.39 is 0 Å². The van der Waals surface area contributed by atoms with Crippen LogP contribution in [0, 0.1) is 5.92 Å². The van der Waals surface area contributed by atoms with Crippen molar-refractivity contribution < 1.29 is 9.21 Å². The molecular weight excluding hydrogens is 278 g/mol. The lowest BCUT2D eigenvalue weighted by Crippen LogP contribution is -2.28. The molecule has 0 unspecified atom stereocenters. The van der Waals surface area contributed by atoms with Gasteiger partial charge in [0.1, 0.15) is 5.52 Å². The van der Waals surface area contributed by atoms with Gasteiger partial charge in [-0.2, -0.15) is 0 Å². The average Bonchev–Trinajstić information content (AvgIpc) is 3.14. The lowest BCUT2D eigenvalue weighted by Gasteiger charge is -2.14. The van der Waals surface area contributed by atoms with Gasteiger partial charge in [-0.25, -0.2) is 4.98 Å². The Kier molecular flexibility index (Phi) is 3.37. The Labute approximate surface area is 129 Å². The summed E-state index contributed by atoms with van der Waals surface area (Å²) < 4.78 is 5.78. The third-order valence-electron chi connectivity index (χ3n) is 4.78. The molecule has 2 atom stereocenters. The monoisotopic (exact) mass is 299 g/mol. The Morgan fingerprint density at radius 1 is 1.32 bits per heavy atom. The van der Waals surface area contributed by atoms with Crippen LogP contribution in [0.25, 0.3) is 11.1 Å². The van der Waals surface area contributed by atoms with Gasteiger partial charge in [0.15, 0.2) is 11.5 Å². The molecule has 5 nitrogen and oxygen atoms in total. The zero-order chi connectivity index (χ0) is 15.1. The van der Waals surface area contributed by atoms with Crippen molar-refractivity contribution in [2.75, 3.05) is 5.32 Å². The van der Waals surface area contributed by atoms with Crippen LogP contribution in [0.4, 0.5) is 5.69 Å². The predicted molar refractivity (Wildman–Crippen MR) is 84.5 cm³/mol. The molecule has 2 fully saturated rings. The lowest BCUT2D eigenvalue weighted by atomic mass is 10.00. The van der Waals surface area contributed by atoms with Gasteiger partial charge in [0, 0.05) is 30.1 Å². The Bertz CT molecular complexity index is 705. The van der Waals surface area contributed by atoms with E-state index in [1.807, 2.05) is 18.2 Å². The SMILES string of the molecule is N[C@@H]1CCC[C@H]1CC(=O)Nc1ccc2nc(C3CC3)oc2c1. The molecular formula is C17H21N3O2. The number of anilines is 1. The first-order chi connectivity index (χ1) is 10.7. The third kappa shape index (κ3) is 2.73. The number of rotatable bonds is 4. The summed E-state index contributed by atoms with van der Waals surface area (Å²) in [6.07, 6.45) is 6.05. The number of benzene rings is 1. The fourth-order valence-corrected chi connectivity index (χ4v) is 3.29. The molecule has 3 N–H and O–H groups in total. The van der Waals surface area contributed by atoms with E-state index in [4.69, 9.17) is 10.2 Å². The molecule has 5 heteroatoms. The second-order valence-electron chi connectivity index (χ2n) is 6.62. The summed E-state index contributed by atoms with van der Waals surface area (Å²) in [5, 5.41) is 2.95. The largest absolute Gasteiger partial charge is 0.440 e. The Balaban J connectivity index is 1.45. The molecule has 1 amide bonds. The van der Waals surface area contributed by atoms with E-state index in [9.17, 15) is 4.79 Å². The number of amides is 1. The van der Waals surface area contributed by atoms with Crippen molar-refractivity contribution in [1.82, 2.24) is 4.98 Å². The molecule has 4 rings (SSSR count). The van der Waals surface area contributed by atoms with Gasteiger partial charge in [-0.1, -0.05) is 6.42 Å². The molecule has 116 valence electrons. The number of hydrogen-bond acceptors (Lipinski definition) is 4. The minimum Gasteiger partial charge on any atom is -0.440 e. The van der Waals surface area contributed by atoms with Crippen molar-refractivity contribution in [3.63, 3.8) is 0 Å². The summed E-state index contributed by atoms with van der Waals surface area (Å²) in [5.41, 5.74) is 8.40. The number of fused-ring (bicyclic) bond motifs is 1. The summed E-state index contributed by atoms with van der Waals surface area (Å²) in [7, 11) is 0. The highest BCUT2D eigenvalue weighted by Gasteiger charge is 2.29. The van der Waals surface area contributed by atoms with Crippen LogP contribution in [0.3, 0.4) is 0 Å². The molecule has 1 aromatic carbocycles. The summed E-state index contributed by atoms with van der Waals surface area (Å²) in [4.78, 5) is 16.7. The van der Waals surface area contributed by atoms with E-state index in [0.717, 1.165) is 54.8 Å². The van der Waals surface area contributed by atoms with E-state index in [0.29, 0.717) is 18.3 Å². The second kappa shape index (κ2) is 5.39. The molecule has 2 saturated carbocycles. The number of carbonyl (C=O) groups excluding carboxylic acids is 1. The molecule has 0 spiro atoms. The summed E-state index contributed by atoms with van der Waals surface area (Å²) in [6.45, 7) is 0. The number of aromatic nitrogens is 1.